The summed E-state index contributed by atoms with van der Waals surface area (Å²) in [5.74, 6) is -0.710. The van der Waals surface area contributed by atoms with Crippen molar-refractivity contribution < 1.29 is 9.90 Å². The minimum atomic E-state index is -0.710. The molecule has 1 aromatic heterocycles. The highest BCUT2D eigenvalue weighted by Gasteiger charge is 2.36. The third-order valence-electron chi connectivity index (χ3n) is 3.89. The van der Waals surface area contributed by atoms with Crippen LogP contribution in [0.15, 0.2) is 47.2 Å². The second-order valence-corrected chi connectivity index (χ2v) is 5.88. The summed E-state index contributed by atoms with van der Waals surface area (Å²) in [4.78, 5) is 13.6. The third kappa shape index (κ3) is 2.49. The lowest BCUT2D eigenvalue weighted by molar-refractivity contribution is -0.142. The van der Waals surface area contributed by atoms with Crippen molar-refractivity contribution in [2.24, 2.45) is 0 Å². The number of nitrogens with zero attached hydrogens (tertiary/aromatic N) is 1. The molecule has 3 rings (SSSR count). The number of aliphatic carboxylic acids is 1. The number of hydrogen-bond donors (Lipinski definition) is 1. The maximum Gasteiger partial charge on any atom is 0.320 e. The molecule has 20 heavy (non-hydrogen) atoms. The van der Waals surface area contributed by atoms with Crippen LogP contribution in [0.25, 0.3) is 0 Å². The minimum Gasteiger partial charge on any atom is -0.480 e. The first kappa shape index (κ1) is 13.3. The lowest BCUT2D eigenvalue weighted by atomic mass is 9.99. The maximum atomic E-state index is 11.5. The Balaban J connectivity index is 2.00. The molecule has 2 aromatic rings. The Morgan fingerprint density at radius 3 is 2.70 bits per heavy atom. The lowest BCUT2D eigenvalue weighted by Crippen LogP contribution is -2.39. The van der Waals surface area contributed by atoms with Gasteiger partial charge in [0.15, 0.2) is 0 Å². The Kier molecular flexibility index (Phi) is 3.85. The average Bonchev–Trinajstić information content (AvgIpc) is 3.12. The Bertz CT molecular complexity index is 567. The summed E-state index contributed by atoms with van der Waals surface area (Å²) in [6, 6.07) is 12.0. The number of carbonyl (C=O) groups is 1. The van der Waals surface area contributed by atoms with Crippen LogP contribution >= 0.6 is 11.3 Å². The molecule has 1 N–H and O–H groups in total. The standard InChI is InChI=1S/C16H17NO2S/c18-16(19)14-7-4-9-17(14)15(13-8-10-20-11-13)12-5-2-1-3-6-12/h1-3,5-6,8,10-11,14-15H,4,7,9H2,(H,18,19). The fraction of sp³-hybridized carbons (Fsp3) is 0.312. The van der Waals surface area contributed by atoms with Gasteiger partial charge in [0, 0.05) is 6.54 Å². The van der Waals surface area contributed by atoms with Crippen LogP contribution in [0.2, 0.25) is 0 Å². The topological polar surface area (TPSA) is 40.5 Å². The van der Waals surface area contributed by atoms with Crippen molar-refractivity contribution in [3.05, 3.63) is 58.3 Å². The Labute approximate surface area is 122 Å². The molecule has 2 unspecified atom stereocenters. The van der Waals surface area contributed by atoms with E-state index in [0.29, 0.717) is 0 Å². The summed E-state index contributed by atoms with van der Waals surface area (Å²) in [5, 5.41) is 13.6. The van der Waals surface area contributed by atoms with Crippen molar-refractivity contribution in [2.45, 2.75) is 24.9 Å². The van der Waals surface area contributed by atoms with Crippen molar-refractivity contribution in [1.82, 2.24) is 4.90 Å². The molecule has 3 nitrogen and oxygen atoms in total. The number of carboxylic acids is 1. The number of rotatable bonds is 4. The molecule has 0 saturated carbocycles. The molecule has 2 atom stereocenters. The molecule has 104 valence electrons. The summed E-state index contributed by atoms with van der Waals surface area (Å²) in [6.45, 7) is 0.840. The molecule has 0 radical (unpaired) electrons. The molecule has 1 saturated heterocycles. The van der Waals surface area contributed by atoms with Crippen LogP contribution < -0.4 is 0 Å². The first-order valence-corrected chi connectivity index (χ1v) is 7.77. The number of likely N-dealkylation sites (tertiary alicyclic amines) is 1. The van der Waals surface area contributed by atoms with E-state index in [1.54, 1.807) is 11.3 Å². The van der Waals surface area contributed by atoms with Crippen molar-refractivity contribution in [1.29, 1.82) is 0 Å². The summed E-state index contributed by atoms with van der Waals surface area (Å²) >= 11 is 1.66. The van der Waals surface area contributed by atoms with Gasteiger partial charge in [0.25, 0.3) is 0 Å². The van der Waals surface area contributed by atoms with Gasteiger partial charge >= 0.3 is 5.97 Å². The summed E-state index contributed by atoms with van der Waals surface area (Å²) in [7, 11) is 0. The van der Waals surface area contributed by atoms with E-state index in [-0.39, 0.29) is 12.1 Å². The highest BCUT2D eigenvalue weighted by molar-refractivity contribution is 7.08. The molecule has 2 heterocycles. The molecule has 4 heteroatoms. The van der Waals surface area contributed by atoms with Gasteiger partial charge in [-0.2, -0.15) is 11.3 Å². The monoisotopic (exact) mass is 287 g/mol. The molecule has 0 amide bonds. The van der Waals surface area contributed by atoms with Crippen LogP contribution in [-0.4, -0.2) is 28.6 Å². The minimum absolute atomic E-state index is 0.0473. The van der Waals surface area contributed by atoms with Gasteiger partial charge in [-0.05, 0) is 40.8 Å². The zero-order valence-electron chi connectivity index (χ0n) is 11.1. The number of carboxylic acid groups (broad SMARTS) is 1. The van der Waals surface area contributed by atoms with E-state index in [1.165, 1.54) is 11.1 Å². The van der Waals surface area contributed by atoms with E-state index < -0.39 is 5.97 Å². The molecule has 0 bridgehead atoms. The first-order valence-electron chi connectivity index (χ1n) is 6.83. The largest absolute Gasteiger partial charge is 0.480 e. The van der Waals surface area contributed by atoms with E-state index >= 15 is 0 Å². The second kappa shape index (κ2) is 5.77. The molecular weight excluding hydrogens is 270 g/mol. The van der Waals surface area contributed by atoms with Gasteiger partial charge in [0.2, 0.25) is 0 Å². The van der Waals surface area contributed by atoms with Crippen molar-refractivity contribution in [3.63, 3.8) is 0 Å². The van der Waals surface area contributed by atoms with E-state index in [2.05, 4.69) is 33.9 Å². The number of benzene rings is 1. The summed E-state index contributed by atoms with van der Waals surface area (Å²) in [5.41, 5.74) is 2.36. The predicted octanol–water partition coefficient (Wildman–Crippen LogP) is 3.39. The van der Waals surface area contributed by atoms with E-state index in [0.717, 1.165) is 19.4 Å². The summed E-state index contributed by atoms with van der Waals surface area (Å²) in [6.07, 6.45) is 1.69. The molecular formula is C16H17NO2S. The predicted molar refractivity (Wildman–Crippen MR) is 80.0 cm³/mol. The second-order valence-electron chi connectivity index (χ2n) is 5.10. The normalized spacial score (nSPS) is 20.9. The number of hydrogen-bond acceptors (Lipinski definition) is 3. The quantitative estimate of drug-likeness (QED) is 0.937. The van der Waals surface area contributed by atoms with Crippen LogP contribution in [0, 0.1) is 0 Å². The van der Waals surface area contributed by atoms with Crippen LogP contribution in [0.1, 0.15) is 30.0 Å². The van der Waals surface area contributed by atoms with Gasteiger partial charge in [-0.1, -0.05) is 30.3 Å². The molecule has 0 aliphatic carbocycles. The molecule has 1 aliphatic rings. The van der Waals surface area contributed by atoms with E-state index in [9.17, 15) is 9.90 Å². The highest BCUT2D eigenvalue weighted by Crippen LogP contribution is 2.35. The fourth-order valence-corrected chi connectivity index (χ4v) is 3.68. The van der Waals surface area contributed by atoms with Crippen LogP contribution in [0.4, 0.5) is 0 Å². The maximum absolute atomic E-state index is 11.5. The zero-order valence-corrected chi connectivity index (χ0v) is 11.9. The van der Waals surface area contributed by atoms with Crippen molar-refractivity contribution in [2.75, 3.05) is 6.54 Å². The fourth-order valence-electron chi connectivity index (χ4n) is 3.00. The Hall–Kier alpha value is -1.65. The molecule has 1 aliphatic heterocycles. The van der Waals surface area contributed by atoms with Crippen molar-refractivity contribution >= 4 is 17.3 Å². The Morgan fingerprint density at radius 2 is 2.05 bits per heavy atom. The van der Waals surface area contributed by atoms with Gasteiger partial charge in [-0.15, -0.1) is 0 Å². The SMILES string of the molecule is O=C(O)C1CCCN1C(c1ccccc1)c1ccsc1. The van der Waals surface area contributed by atoms with Crippen LogP contribution in [0.3, 0.4) is 0 Å². The van der Waals surface area contributed by atoms with E-state index in [1.807, 2.05) is 18.2 Å². The molecule has 1 aromatic carbocycles. The lowest BCUT2D eigenvalue weighted by Gasteiger charge is -2.31. The van der Waals surface area contributed by atoms with E-state index in [4.69, 9.17) is 0 Å². The van der Waals surface area contributed by atoms with Gasteiger partial charge in [0.1, 0.15) is 6.04 Å². The van der Waals surface area contributed by atoms with Crippen LogP contribution in [0.5, 0.6) is 0 Å². The van der Waals surface area contributed by atoms with Crippen molar-refractivity contribution in [3.8, 4) is 0 Å². The van der Waals surface area contributed by atoms with Gasteiger partial charge in [0.05, 0.1) is 6.04 Å². The number of thiophene rings is 1. The third-order valence-corrected chi connectivity index (χ3v) is 4.59. The average molecular weight is 287 g/mol. The first-order chi connectivity index (χ1) is 9.77. The highest BCUT2D eigenvalue weighted by atomic mass is 32.1. The zero-order chi connectivity index (χ0) is 13.9. The Morgan fingerprint density at radius 1 is 1.25 bits per heavy atom. The van der Waals surface area contributed by atoms with Gasteiger partial charge in [-0.25, -0.2) is 0 Å². The molecule has 1 fully saturated rings. The summed E-state index contributed by atoms with van der Waals surface area (Å²) < 4.78 is 0. The van der Waals surface area contributed by atoms with Gasteiger partial charge in [-0.3, -0.25) is 9.69 Å². The molecule has 0 spiro atoms. The van der Waals surface area contributed by atoms with Crippen LogP contribution in [-0.2, 0) is 4.79 Å². The van der Waals surface area contributed by atoms with Gasteiger partial charge < -0.3 is 5.11 Å². The smallest absolute Gasteiger partial charge is 0.320 e.